The van der Waals surface area contributed by atoms with E-state index in [1.54, 1.807) is 0 Å². The second kappa shape index (κ2) is 13.3. The second-order valence-corrected chi connectivity index (χ2v) is 15.2. The van der Waals surface area contributed by atoms with E-state index in [9.17, 15) is 0 Å². The number of rotatable bonds is 5. The van der Waals surface area contributed by atoms with Crippen LogP contribution in [0, 0.1) is 0 Å². The average Bonchev–Trinajstić information content (AvgIpc) is 3.64. The minimum absolute atomic E-state index is 0.620. The van der Waals surface area contributed by atoms with Crippen molar-refractivity contribution in [2.75, 3.05) is 0 Å². The van der Waals surface area contributed by atoms with Crippen molar-refractivity contribution in [1.29, 1.82) is 0 Å². The van der Waals surface area contributed by atoms with E-state index in [4.69, 9.17) is 15.0 Å². The highest BCUT2D eigenvalue weighted by atomic mass is 15.0. The van der Waals surface area contributed by atoms with Crippen LogP contribution < -0.4 is 0 Å². The molecule has 0 saturated carbocycles. The van der Waals surface area contributed by atoms with Crippen LogP contribution >= 0.6 is 0 Å². The van der Waals surface area contributed by atoms with Gasteiger partial charge in [-0.1, -0.05) is 176 Å². The summed E-state index contributed by atoms with van der Waals surface area (Å²) in [5.41, 5.74) is 8.42. The van der Waals surface area contributed by atoms with Crippen molar-refractivity contribution in [3.63, 3.8) is 0 Å². The smallest absolute Gasteiger partial charge is 0.164 e. The van der Waals surface area contributed by atoms with Crippen molar-refractivity contribution >= 4 is 64.9 Å². The van der Waals surface area contributed by atoms with Crippen molar-refractivity contribution in [2.45, 2.75) is 0 Å². The normalized spacial score (nSPS) is 11.7. The quantitative estimate of drug-likeness (QED) is 0.176. The average molecular weight is 751 g/mol. The SMILES string of the molecule is c1ccc(-c2nc(-c3ccc(-n4c5cc6ccccc6cc5c5ccc6ccccc6c54)cc3-c3cccc4ccccc34)nc(-c3cccc4ccccc34)n2)cc1. The molecule has 0 aliphatic heterocycles. The topological polar surface area (TPSA) is 43.6 Å². The molecule has 0 fully saturated rings. The van der Waals surface area contributed by atoms with E-state index < -0.39 is 0 Å². The Bertz CT molecular complexity index is 3610. The van der Waals surface area contributed by atoms with Gasteiger partial charge in [0, 0.05) is 38.5 Å². The fraction of sp³-hybridized carbons (Fsp3) is 0. The summed E-state index contributed by atoms with van der Waals surface area (Å²) in [4.78, 5) is 15.8. The molecule has 12 rings (SSSR count). The lowest BCUT2D eigenvalue weighted by Crippen LogP contribution is -2.02. The molecule has 12 aromatic rings. The van der Waals surface area contributed by atoms with Gasteiger partial charge in [0.2, 0.25) is 0 Å². The molecule has 0 bridgehead atoms. The molecule has 0 saturated heterocycles. The van der Waals surface area contributed by atoms with E-state index in [2.05, 4.69) is 193 Å². The predicted octanol–water partition coefficient (Wildman–Crippen LogP) is 14.2. The minimum Gasteiger partial charge on any atom is -0.309 e. The highest BCUT2D eigenvalue weighted by Gasteiger charge is 2.21. The minimum atomic E-state index is 0.620. The molecule has 0 aliphatic carbocycles. The number of fused-ring (bicyclic) bond motifs is 8. The van der Waals surface area contributed by atoms with Crippen molar-refractivity contribution in [1.82, 2.24) is 19.5 Å². The molecule has 0 atom stereocenters. The zero-order valence-corrected chi connectivity index (χ0v) is 31.9. The second-order valence-electron chi connectivity index (χ2n) is 15.2. The summed E-state index contributed by atoms with van der Waals surface area (Å²) in [6, 6.07) is 73.6. The molecule has 2 heterocycles. The Balaban J connectivity index is 1.18. The van der Waals surface area contributed by atoms with Gasteiger partial charge in [-0.25, -0.2) is 15.0 Å². The van der Waals surface area contributed by atoms with Gasteiger partial charge in [-0.3, -0.25) is 0 Å². The molecule has 0 amide bonds. The number of hydrogen-bond acceptors (Lipinski definition) is 3. The van der Waals surface area contributed by atoms with Gasteiger partial charge in [0.05, 0.1) is 11.0 Å². The first-order valence-electron chi connectivity index (χ1n) is 20.0. The summed E-state index contributed by atoms with van der Waals surface area (Å²) >= 11 is 0. The molecular weight excluding hydrogens is 717 g/mol. The maximum atomic E-state index is 5.35. The lowest BCUT2D eigenvalue weighted by Gasteiger charge is -2.17. The summed E-state index contributed by atoms with van der Waals surface area (Å²) in [5, 5.41) is 11.9. The molecule has 59 heavy (non-hydrogen) atoms. The van der Waals surface area contributed by atoms with Crippen LogP contribution in [0.1, 0.15) is 0 Å². The molecule has 0 spiro atoms. The van der Waals surface area contributed by atoms with E-state index in [1.165, 1.54) is 48.6 Å². The monoisotopic (exact) mass is 750 g/mol. The van der Waals surface area contributed by atoms with Gasteiger partial charge in [-0.2, -0.15) is 0 Å². The van der Waals surface area contributed by atoms with Gasteiger partial charge in [0.15, 0.2) is 17.5 Å². The Morgan fingerprint density at radius 2 is 0.831 bits per heavy atom. The Morgan fingerprint density at radius 3 is 1.56 bits per heavy atom. The zero-order chi connectivity index (χ0) is 38.9. The first kappa shape index (κ1) is 33.2. The van der Waals surface area contributed by atoms with Crippen LogP contribution in [0.2, 0.25) is 0 Å². The number of benzene rings is 10. The van der Waals surface area contributed by atoms with Crippen molar-refractivity contribution < 1.29 is 0 Å². The van der Waals surface area contributed by atoms with Crippen molar-refractivity contribution in [3.05, 3.63) is 206 Å². The highest BCUT2D eigenvalue weighted by molar-refractivity contribution is 6.21. The van der Waals surface area contributed by atoms with Crippen molar-refractivity contribution in [3.8, 4) is 51.0 Å². The largest absolute Gasteiger partial charge is 0.309 e. The maximum Gasteiger partial charge on any atom is 0.164 e. The van der Waals surface area contributed by atoms with E-state index in [1.807, 2.05) is 18.2 Å². The van der Waals surface area contributed by atoms with Crippen molar-refractivity contribution in [2.24, 2.45) is 0 Å². The van der Waals surface area contributed by atoms with Gasteiger partial charge < -0.3 is 4.57 Å². The molecular formula is C55H34N4. The Kier molecular flexibility index (Phi) is 7.50. The van der Waals surface area contributed by atoms with Crippen LogP contribution in [0.25, 0.3) is 116 Å². The Hall–Kier alpha value is -7.95. The summed E-state index contributed by atoms with van der Waals surface area (Å²) in [6.07, 6.45) is 0. The van der Waals surface area contributed by atoms with Crippen LogP contribution in [0.3, 0.4) is 0 Å². The molecule has 4 heteroatoms. The zero-order valence-electron chi connectivity index (χ0n) is 31.9. The van der Waals surface area contributed by atoms with Gasteiger partial charge in [0.1, 0.15) is 0 Å². The molecule has 10 aromatic carbocycles. The van der Waals surface area contributed by atoms with E-state index in [0.717, 1.165) is 49.8 Å². The summed E-state index contributed by atoms with van der Waals surface area (Å²) in [5.74, 6) is 1.89. The standard InChI is InChI=1S/C55H34N4/c1-2-17-38(18-3-1)53-56-54(47-27-13-22-36-15-7-10-24-43(36)47)58-55(57-53)48-31-29-41(34-49(48)45-26-12-21-35-14-6-9-23-42(35)45)59-51-33-40-20-5-4-19-39(40)32-50(51)46-30-28-37-16-8-11-25-44(37)52(46)59/h1-34H. The number of hydrogen-bond donors (Lipinski definition) is 0. The molecule has 0 radical (unpaired) electrons. The number of nitrogens with zero attached hydrogens (tertiary/aromatic N) is 4. The van der Waals surface area contributed by atoms with Crippen LogP contribution in [0.5, 0.6) is 0 Å². The van der Waals surface area contributed by atoms with Gasteiger partial charge in [0.25, 0.3) is 0 Å². The fourth-order valence-electron chi connectivity index (χ4n) is 9.03. The molecule has 4 nitrogen and oxygen atoms in total. The summed E-state index contributed by atoms with van der Waals surface area (Å²) < 4.78 is 2.46. The Morgan fingerprint density at radius 1 is 0.288 bits per heavy atom. The number of aromatic nitrogens is 4. The van der Waals surface area contributed by atoms with Crippen LogP contribution in [-0.4, -0.2) is 19.5 Å². The molecule has 0 aliphatic rings. The van der Waals surface area contributed by atoms with Crippen LogP contribution in [-0.2, 0) is 0 Å². The first-order valence-corrected chi connectivity index (χ1v) is 20.0. The van der Waals surface area contributed by atoms with Gasteiger partial charge >= 0.3 is 0 Å². The maximum absolute atomic E-state index is 5.35. The fourth-order valence-corrected chi connectivity index (χ4v) is 9.03. The van der Waals surface area contributed by atoms with E-state index >= 15 is 0 Å². The molecule has 0 unspecified atom stereocenters. The first-order chi connectivity index (χ1) is 29.2. The van der Waals surface area contributed by atoms with Crippen LogP contribution in [0.15, 0.2) is 206 Å². The molecule has 2 aromatic heterocycles. The van der Waals surface area contributed by atoms with Gasteiger partial charge in [-0.15, -0.1) is 0 Å². The third kappa shape index (κ3) is 5.42. The summed E-state index contributed by atoms with van der Waals surface area (Å²) in [6.45, 7) is 0. The summed E-state index contributed by atoms with van der Waals surface area (Å²) in [7, 11) is 0. The van der Waals surface area contributed by atoms with Gasteiger partial charge in [-0.05, 0) is 79.2 Å². The Labute approximate surface area is 340 Å². The third-order valence-electron chi connectivity index (χ3n) is 11.8. The lowest BCUT2D eigenvalue weighted by atomic mass is 9.93. The van der Waals surface area contributed by atoms with Crippen LogP contribution in [0.4, 0.5) is 0 Å². The lowest BCUT2D eigenvalue weighted by molar-refractivity contribution is 1.08. The molecule has 0 N–H and O–H groups in total. The predicted molar refractivity (Wildman–Crippen MR) is 246 cm³/mol. The highest BCUT2D eigenvalue weighted by Crippen LogP contribution is 2.42. The van der Waals surface area contributed by atoms with E-state index in [-0.39, 0.29) is 0 Å². The molecule has 274 valence electrons. The van der Waals surface area contributed by atoms with E-state index in [0.29, 0.717) is 17.5 Å². The third-order valence-corrected chi connectivity index (χ3v) is 11.8.